The van der Waals surface area contributed by atoms with Crippen molar-refractivity contribution in [2.75, 3.05) is 12.4 Å². The Morgan fingerprint density at radius 2 is 2.31 bits per heavy atom. The van der Waals surface area contributed by atoms with Crippen LogP contribution in [0.1, 0.15) is 16.9 Å². The molecule has 3 rings (SSSR count). The first-order chi connectivity index (χ1) is 7.90. The van der Waals surface area contributed by atoms with E-state index in [1.807, 2.05) is 11.3 Å². The first-order valence-electron chi connectivity index (χ1n) is 5.39. The van der Waals surface area contributed by atoms with Crippen LogP contribution in [0.5, 0.6) is 0 Å². The van der Waals surface area contributed by atoms with Gasteiger partial charge in [-0.15, -0.1) is 23.1 Å². The van der Waals surface area contributed by atoms with E-state index in [2.05, 4.69) is 9.97 Å². The number of hydrogen-bond donors (Lipinski definition) is 1. The average molecular weight is 252 g/mol. The summed E-state index contributed by atoms with van der Waals surface area (Å²) < 4.78 is 0. The van der Waals surface area contributed by atoms with E-state index in [0.717, 1.165) is 16.3 Å². The first-order valence-corrected chi connectivity index (χ1v) is 7.19. The lowest BCUT2D eigenvalue weighted by Gasteiger charge is -2.01. The Balaban J connectivity index is 2.13. The Kier molecular flexibility index (Phi) is 2.83. The summed E-state index contributed by atoms with van der Waals surface area (Å²) in [5.41, 5.74) is 1.46. The maximum atomic E-state index is 8.88. The van der Waals surface area contributed by atoms with Crippen LogP contribution in [0.4, 0.5) is 0 Å². The molecule has 84 valence electrons. The van der Waals surface area contributed by atoms with Gasteiger partial charge in [-0.3, -0.25) is 0 Å². The number of aliphatic hydroxyl groups is 1. The van der Waals surface area contributed by atoms with Crippen molar-refractivity contribution >= 4 is 33.3 Å². The molecule has 0 aliphatic heterocycles. The molecular weight excluding hydrogens is 240 g/mol. The second kappa shape index (κ2) is 4.31. The van der Waals surface area contributed by atoms with Crippen LogP contribution in [0, 0.1) is 0 Å². The zero-order valence-corrected chi connectivity index (χ0v) is 10.4. The zero-order chi connectivity index (χ0) is 11.0. The Morgan fingerprint density at radius 1 is 1.38 bits per heavy atom. The van der Waals surface area contributed by atoms with E-state index in [1.165, 1.54) is 28.7 Å². The molecule has 2 heterocycles. The molecule has 0 spiro atoms. The lowest BCUT2D eigenvalue weighted by atomic mass is 10.2. The Labute approximate surface area is 102 Å². The number of thioether (sulfide) groups is 1. The summed E-state index contributed by atoms with van der Waals surface area (Å²) in [6, 6.07) is 0. The van der Waals surface area contributed by atoms with Crippen molar-refractivity contribution < 1.29 is 5.11 Å². The van der Waals surface area contributed by atoms with Gasteiger partial charge in [-0.1, -0.05) is 0 Å². The van der Waals surface area contributed by atoms with Gasteiger partial charge in [0, 0.05) is 16.0 Å². The molecule has 1 aliphatic carbocycles. The molecule has 0 fully saturated rings. The molecule has 0 aromatic carbocycles. The van der Waals surface area contributed by atoms with Gasteiger partial charge < -0.3 is 5.11 Å². The van der Waals surface area contributed by atoms with Crippen LogP contribution in [0.15, 0.2) is 11.4 Å². The van der Waals surface area contributed by atoms with Gasteiger partial charge in [-0.2, -0.15) is 0 Å². The largest absolute Gasteiger partial charge is 0.396 e. The average Bonchev–Trinajstić information content (AvgIpc) is 2.85. The number of nitrogens with zero attached hydrogens (tertiary/aromatic N) is 2. The summed E-state index contributed by atoms with van der Waals surface area (Å²) >= 11 is 3.43. The maximum absolute atomic E-state index is 8.88. The summed E-state index contributed by atoms with van der Waals surface area (Å²) in [6.45, 7) is 0.197. The minimum atomic E-state index is 0.197. The van der Waals surface area contributed by atoms with E-state index < -0.39 is 0 Å². The molecule has 2 aromatic heterocycles. The predicted molar refractivity (Wildman–Crippen MR) is 67.2 cm³/mol. The fourth-order valence-corrected chi connectivity index (χ4v) is 4.22. The highest BCUT2D eigenvalue weighted by molar-refractivity contribution is 7.99. The van der Waals surface area contributed by atoms with E-state index in [-0.39, 0.29) is 6.61 Å². The molecule has 1 aliphatic rings. The van der Waals surface area contributed by atoms with Crippen molar-refractivity contribution in [1.29, 1.82) is 0 Å². The van der Waals surface area contributed by atoms with Gasteiger partial charge in [-0.25, -0.2) is 9.97 Å². The highest BCUT2D eigenvalue weighted by atomic mass is 32.2. The summed E-state index contributed by atoms with van der Waals surface area (Å²) in [6.07, 6.45) is 5.25. The summed E-state index contributed by atoms with van der Waals surface area (Å²) in [7, 11) is 0. The topological polar surface area (TPSA) is 46.0 Å². The van der Waals surface area contributed by atoms with Gasteiger partial charge in [-0.05, 0) is 24.8 Å². The summed E-state index contributed by atoms with van der Waals surface area (Å²) in [5.74, 6) is 0.705. The Bertz CT molecular complexity index is 524. The van der Waals surface area contributed by atoms with Crippen molar-refractivity contribution in [2.24, 2.45) is 0 Å². The number of hydrogen-bond acceptors (Lipinski definition) is 5. The number of thiophene rings is 1. The second-order valence-corrected chi connectivity index (χ2v) is 5.96. The van der Waals surface area contributed by atoms with Crippen LogP contribution >= 0.6 is 23.1 Å². The lowest BCUT2D eigenvalue weighted by molar-refractivity contribution is 0.322. The second-order valence-electron chi connectivity index (χ2n) is 3.79. The Morgan fingerprint density at radius 3 is 3.19 bits per heavy atom. The molecule has 0 atom stereocenters. The van der Waals surface area contributed by atoms with Crippen LogP contribution in [0.25, 0.3) is 10.2 Å². The minimum absolute atomic E-state index is 0.197. The van der Waals surface area contributed by atoms with Crippen molar-refractivity contribution in [3.8, 4) is 0 Å². The smallest absolute Gasteiger partial charge is 0.128 e. The first kappa shape index (κ1) is 10.5. The summed E-state index contributed by atoms with van der Waals surface area (Å²) in [5, 5.41) is 11.2. The predicted octanol–water partition coefficient (Wildman–Crippen LogP) is 2.26. The molecular formula is C11H12N2OS2. The number of rotatable bonds is 3. The van der Waals surface area contributed by atoms with Gasteiger partial charge in [0.1, 0.15) is 16.2 Å². The van der Waals surface area contributed by atoms with Crippen LogP contribution < -0.4 is 0 Å². The molecule has 0 saturated carbocycles. The van der Waals surface area contributed by atoms with Gasteiger partial charge in [0.2, 0.25) is 0 Å². The zero-order valence-electron chi connectivity index (χ0n) is 8.77. The van der Waals surface area contributed by atoms with E-state index in [4.69, 9.17) is 5.11 Å². The van der Waals surface area contributed by atoms with Crippen molar-refractivity contribution in [3.63, 3.8) is 0 Å². The number of aliphatic hydroxyl groups excluding tert-OH is 1. The molecule has 0 bridgehead atoms. The number of aromatic nitrogens is 2. The third-order valence-electron chi connectivity index (χ3n) is 2.80. The molecule has 0 amide bonds. The normalized spacial score (nSPS) is 14.6. The molecule has 0 saturated heterocycles. The SMILES string of the molecule is OCCSc1ncnc2sc3c(c12)CCC3. The van der Waals surface area contributed by atoms with Crippen LogP contribution in [-0.4, -0.2) is 27.4 Å². The highest BCUT2D eigenvalue weighted by Gasteiger charge is 2.20. The third kappa shape index (κ3) is 1.63. The van der Waals surface area contributed by atoms with Crippen LogP contribution in [0.2, 0.25) is 0 Å². The molecule has 0 radical (unpaired) electrons. The lowest BCUT2D eigenvalue weighted by Crippen LogP contribution is -1.90. The molecule has 1 N–H and O–H groups in total. The molecule has 16 heavy (non-hydrogen) atoms. The van der Waals surface area contributed by atoms with Gasteiger partial charge in [0.05, 0.1) is 6.61 Å². The Hall–Kier alpha value is -0.650. The summed E-state index contributed by atoms with van der Waals surface area (Å²) in [4.78, 5) is 11.3. The highest BCUT2D eigenvalue weighted by Crippen LogP contribution is 2.39. The van der Waals surface area contributed by atoms with Gasteiger partial charge in [0.15, 0.2) is 0 Å². The van der Waals surface area contributed by atoms with E-state index in [1.54, 1.807) is 18.1 Å². The molecule has 3 nitrogen and oxygen atoms in total. The van der Waals surface area contributed by atoms with E-state index in [0.29, 0.717) is 5.75 Å². The van der Waals surface area contributed by atoms with E-state index in [9.17, 15) is 0 Å². The standard InChI is InChI=1S/C11H12N2OS2/c14-4-5-15-10-9-7-2-1-3-8(7)16-11(9)13-6-12-10/h6,14H,1-5H2. The van der Waals surface area contributed by atoms with Crippen molar-refractivity contribution in [3.05, 3.63) is 16.8 Å². The fraction of sp³-hybridized carbons (Fsp3) is 0.455. The molecule has 0 unspecified atom stereocenters. The monoisotopic (exact) mass is 252 g/mol. The van der Waals surface area contributed by atoms with Gasteiger partial charge >= 0.3 is 0 Å². The van der Waals surface area contributed by atoms with Crippen molar-refractivity contribution in [2.45, 2.75) is 24.3 Å². The quantitative estimate of drug-likeness (QED) is 0.672. The van der Waals surface area contributed by atoms with Crippen LogP contribution in [0.3, 0.4) is 0 Å². The third-order valence-corrected chi connectivity index (χ3v) is 4.97. The molecule has 5 heteroatoms. The number of aryl methyl sites for hydroxylation is 2. The van der Waals surface area contributed by atoms with E-state index >= 15 is 0 Å². The fourth-order valence-electron chi connectivity index (χ4n) is 2.15. The number of fused-ring (bicyclic) bond motifs is 3. The minimum Gasteiger partial charge on any atom is -0.396 e. The van der Waals surface area contributed by atoms with Gasteiger partial charge in [0.25, 0.3) is 0 Å². The van der Waals surface area contributed by atoms with Crippen molar-refractivity contribution in [1.82, 2.24) is 9.97 Å². The van der Waals surface area contributed by atoms with Crippen LogP contribution in [-0.2, 0) is 12.8 Å². The maximum Gasteiger partial charge on any atom is 0.128 e. The molecule has 2 aromatic rings.